The van der Waals surface area contributed by atoms with Crippen LogP contribution < -0.4 is 0 Å². The molecule has 6 unspecified atom stereocenters. The van der Waals surface area contributed by atoms with Gasteiger partial charge < -0.3 is 34.3 Å². The zero-order valence-electron chi connectivity index (χ0n) is 40.4. The van der Waals surface area contributed by atoms with Crippen LogP contribution in [0.15, 0.2) is 0 Å². The van der Waals surface area contributed by atoms with Gasteiger partial charge in [0.05, 0.1) is 19.8 Å². The minimum Gasteiger partial charge on any atom is -0.457 e. The molecule has 63 heavy (non-hydrogen) atoms. The molecule has 1 rings (SSSR count). The van der Waals surface area contributed by atoms with Crippen molar-refractivity contribution in [2.24, 2.45) is 0 Å². The number of carbonyl (C=O) groups excluding carboxylic acids is 1. The van der Waals surface area contributed by atoms with E-state index < -0.39 is 59.8 Å². The summed E-state index contributed by atoms with van der Waals surface area (Å²) in [5.41, 5.74) is 0. The van der Waals surface area contributed by atoms with Gasteiger partial charge in [-0.2, -0.15) is 8.42 Å². The molecule has 0 saturated carbocycles. The number of unbranched alkanes of at least 4 members (excludes halogenated alkanes) is 34. The maximum Gasteiger partial charge on any atom is 0.397 e. The molecule has 1 fully saturated rings. The molecule has 0 spiro atoms. The Morgan fingerprint density at radius 3 is 1.27 bits per heavy atom. The van der Waals surface area contributed by atoms with Gasteiger partial charge in [-0.3, -0.25) is 9.35 Å². The Hall–Kier alpha value is -0.900. The van der Waals surface area contributed by atoms with Crippen molar-refractivity contribution in [3.05, 3.63) is 0 Å². The van der Waals surface area contributed by atoms with E-state index in [-0.39, 0.29) is 19.6 Å². The Morgan fingerprint density at radius 2 is 0.905 bits per heavy atom. The second-order valence-corrected chi connectivity index (χ2v) is 19.5. The van der Waals surface area contributed by atoms with E-state index in [4.69, 9.17) is 18.9 Å². The van der Waals surface area contributed by atoms with Crippen molar-refractivity contribution in [2.45, 2.75) is 288 Å². The average molecular weight is 923 g/mol. The molecular formula is C50H98O12S. The normalized spacial score (nSPS) is 19.7. The molecule has 1 aliphatic heterocycles. The van der Waals surface area contributed by atoms with E-state index in [1.54, 1.807) is 0 Å². The molecule has 0 radical (unpaired) electrons. The molecule has 6 atom stereocenters. The van der Waals surface area contributed by atoms with Crippen LogP contribution in [-0.4, -0.2) is 97.5 Å². The largest absolute Gasteiger partial charge is 0.457 e. The Kier molecular flexibility index (Phi) is 40.5. The fourth-order valence-electron chi connectivity index (χ4n) is 8.50. The van der Waals surface area contributed by atoms with Crippen molar-refractivity contribution in [1.82, 2.24) is 0 Å². The van der Waals surface area contributed by atoms with Gasteiger partial charge in [-0.15, -0.1) is 0 Å². The molecule has 13 heteroatoms. The highest BCUT2D eigenvalue weighted by molar-refractivity contribution is 7.80. The maximum atomic E-state index is 12.9. The van der Waals surface area contributed by atoms with E-state index in [0.717, 1.165) is 38.5 Å². The third-order valence-corrected chi connectivity index (χ3v) is 12.9. The first-order chi connectivity index (χ1) is 30.6. The topological polar surface area (TPSA) is 178 Å². The van der Waals surface area contributed by atoms with Crippen LogP contribution in [0.4, 0.5) is 0 Å². The van der Waals surface area contributed by atoms with Gasteiger partial charge in [0, 0.05) is 13.0 Å². The zero-order chi connectivity index (χ0) is 46.1. The molecule has 376 valence electrons. The van der Waals surface area contributed by atoms with Gasteiger partial charge in [-0.05, 0) is 12.8 Å². The first-order valence-corrected chi connectivity index (χ1v) is 27.7. The van der Waals surface area contributed by atoms with E-state index in [2.05, 4.69) is 18.0 Å². The number of hydrogen-bond acceptors (Lipinski definition) is 11. The number of carbonyl (C=O) groups is 1. The molecule has 0 aromatic heterocycles. The SMILES string of the molecule is CCCCCCCCCCCCCCCCCCCCCCOCC(COC1OC(CO)C(O)C(OS(=O)(=O)O)C1O)OC(=O)CCCCCCCCCCCCCCCCCC. The summed E-state index contributed by atoms with van der Waals surface area (Å²) in [4.78, 5) is 12.9. The lowest BCUT2D eigenvalue weighted by molar-refractivity contribution is -0.301. The van der Waals surface area contributed by atoms with Gasteiger partial charge in [0.15, 0.2) is 6.29 Å². The quantitative estimate of drug-likeness (QED) is 0.0258. The summed E-state index contributed by atoms with van der Waals surface area (Å²) in [5.74, 6) is -0.391. The summed E-state index contributed by atoms with van der Waals surface area (Å²) in [6.45, 7) is 4.06. The van der Waals surface area contributed by atoms with Crippen LogP contribution in [-0.2, 0) is 38.3 Å². The highest BCUT2D eigenvalue weighted by Gasteiger charge is 2.48. The lowest BCUT2D eigenvalue weighted by Crippen LogP contribution is -2.60. The van der Waals surface area contributed by atoms with Gasteiger partial charge in [0.25, 0.3) is 0 Å². The second kappa shape index (κ2) is 42.5. The van der Waals surface area contributed by atoms with Gasteiger partial charge in [0.2, 0.25) is 0 Å². The van der Waals surface area contributed by atoms with Crippen LogP contribution >= 0.6 is 0 Å². The number of esters is 1. The lowest BCUT2D eigenvalue weighted by Gasteiger charge is -2.41. The lowest BCUT2D eigenvalue weighted by atomic mass is 9.99. The van der Waals surface area contributed by atoms with Crippen molar-refractivity contribution >= 4 is 16.4 Å². The van der Waals surface area contributed by atoms with E-state index >= 15 is 0 Å². The Labute approximate surface area is 386 Å². The van der Waals surface area contributed by atoms with Crippen molar-refractivity contribution in [1.29, 1.82) is 0 Å². The number of aliphatic hydroxyl groups excluding tert-OH is 3. The predicted molar refractivity (Wildman–Crippen MR) is 253 cm³/mol. The van der Waals surface area contributed by atoms with Crippen molar-refractivity contribution in [2.75, 3.05) is 26.4 Å². The van der Waals surface area contributed by atoms with Crippen LogP contribution in [0.25, 0.3) is 0 Å². The number of rotatable bonds is 47. The van der Waals surface area contributed by atoms with E-state index in [9.17, 15) is 33.1 Å². The highest BCUT2D eigenvalue weighted by Crippen LogP contribution is 2.26. The smallest absolute Gasteiger partial charge is 0.397 e. The monoisotopic (exact) mass is 923 g/mol. The van der Waals surface area contributed by atoms with E-state index in [1.165, 1.54) is 186 Å². The number of aliphatic hydroxyl groups is 3. The van der Waals surface area contributed by atoms with Crippen LogP contribution in [0.3, 0.4) is 0 Å². The summed E-state index contributed by atoms with van der Waals surface area (Å²) in [6, 6.07) is 0. The number of hydrogen-bond donors (Lipinski definition) is 4. The van der Waals surface area contributed by atoms with E-state index in [0.29, 0.717) is 13.0 Å². The molecule has 1 saturated heterocycles. The summed E-state index contributed by atoms with van der Waals surface area (Å²) in [6.07, 6.45) is 37.1. The number of ether oxygens (including phenoxy) is 4. The van der Waals surface area contributed by atoms with Gasteiger partial charge in [-0.25, -0.2) is 4.18 Å². The molecular weight excluding hydrogens is 825 g/mol. The van der Waals surface area contributed by atoms with Crippen LogP contribution in [0.1, 0.15) is 251 Å². The Balaban J connectivity index is 2.32. The van der Waals surface area contributed by atoms with Crippen LogP contribution in [0.2, 0.25) is 0 Å². The molecule has 0 amide bonds. The minimum atomic E-state index is -5.06. The molecule has 0 bridgehead atoms. The zero-order valence-corrected chi connectivity index (χ0v) is 41.2. The van der Waals surface area contributed by atoms with Crippen LogP contribution in [0, 0.1) is 0 Å². The highest BCUT2D eigenvalue weighted by atomic mass is 32.3. The molecule has 0 aromatic carbocycles. The summed E-state index contributed by atoms with van der Waals surface area (Å²) in [7, 11) is -5.06. The van der Waals surface area contributed by atoms with Gasteiger partial charge in [0.1, 0.15) is 30.5 Å². The first kappa shape index (κ1) is 60.1. The third kappa shape index (κ3) is 35.9. The molecule has 1 aliphatic rings. The summed E-state index contributed by atoms with van der Waals surface area (Å²) >= 11 is 0. The van der Waals surface area contributed by atoms with Crippen LogP contribution in [0.5, 0.6) is 0 Å². The molecule has 4 N–H and O–H groups in total. The van der Waals surface area contributed by atoms with Crippen molar-refractivity contribution < 1.29 is 56.2 Å². The fraction of sp³-hybridized carbons (Fsp3) is 0.980. The molecule has 12 nitrogen and oxygen atoms in total. The van der Waals surface area contributed by atoms with Gasteiger partial charge >= 0.3 is 16.4 Å². The third-order valence-electron chi connectivity index (χ3n) is 12.5. The fourth-order valence-corrected chi connectivity index (χ4v) is 9.01. The molecule has 1 heterocycles. The van der Waals surface area contributed by atoms with Crippen molar-refractivity contribution in [3.63, 3.8) is 0 Å². The summed E-state index contributed by atoms with van der Waals surface area (Å²) < 4.78 is 59.3. The second-order valence-electron chi connectivity index (χ2n) is 18.5. The maximum absolute atomic E-state index is 12.9. The average Bonchev–Trinajstić information content (AvgIpc) is 3.26. The minimum absolute atomic E-state index is 0.0453. The standard InChI is InChI=1S/C50H98O12S/c1-3-5-7-9-11-13-15-17-19-21-22-23-24-26-28-30-32-34-36-38-40-58-42-44(43-59-50-48(54)49(62-63(55,56)57)47(53)45(41-51)61-50)60-46(52)39-37-35-33-31-29-27-25-20-18-16-14-12-10-8-6-4-2/h44-45,47-51,53-54H,3-43H2,1-2H3,(H,55,56,57). The molecule has 0 aromatic rings. The van der Waals surface area contributed by atoms with E-state index in [1.807, 2.05) is 0 Å². The van der Waals surface area contributed by atoms with Gasteiger partial charge in [-0.1, -0.05) is 232 Å². The Bertz CT molecular complexity index is 1110. The Morgan fingerprint density at radius 1 is 0.540 bits per heavy atom. The molecule has 0 aliphatic carbocycles. The first-order valence-electron chi connectivity index (χ1n) is 26.3. The van der Waals surface area contributed by atoms with Crippen molar-refractivity contribution in [3.8, 4) is 0 Å². The predicted octanol–water partition coefficient (Wildman–Crippen LogP) is 12.0. The summed E-state index contributed by atoms with van der Waals surface area (Å²) in [5, 5.41) is 30.7.